The van der Waals surface area contributed by atoms with E-state index in [4.69, 9.17) is 10.8 Å². The summed E-state index contributed by atoms with van der Waals surface area (Å²) in [4.78, 5) is 10.5. The first-order chi connectivity index (χ1) is 6.59. The van der Waals surface area contributed by atoms with Gasteiger partial charge in [-0.1, -0.05) is 12.1 Å². The largest absolute Gasteiger partial charge is 0.383 e. The fraction of sp³-hybridized carbons (Fsp3) is 0.300. The molecule has 0 bridgehead atoms. The van der Waals surface area contributed by atoms with Crippen LogP contribution in [0.3, 0.4) is 0 Å². The maximum Gasteiger partial charge on any atom is 0.246 e. The van der Waals surface area contributed by atoms with Crippen LogP contribution in [-0.4, -0.2) is 17.1 Å². The van der Waals surface area contributed by atoms with Gasteiger partial charge in [-0.2, -0.15) is 0 Å². The SMILES string of the molecule is NC(=O)C(O)CCc1ccc(I)cc1. The molecule has 0 fully saturated rings. The van der Waals surface area contributed by atoms with E-state index in [1.807, 2.05) is 24.3 Å². The average molecular weight is 305 g/mol. The number of rotatable bonds is 4. The van der Waals surface area contributed by atoms with Crippen LogP contribution < -0.4 is 5.73 Å². The van der Waals surface area contributed by atoms with E-state index in [2.05, 4.69) is 22.6 Å². The smallest absolute Gasteiger partial charge is 0.246 e. The second-order valence-corrected chi connectivity index (χ2v) is 4.33. The van der Waals surface area contributed by atoms with E-state index in [-0.39, 0.29) is 0 Å². The van der Waals surface area contributed by atoms with Crippen molar-refractivity contribution in [3.63, 3.8) is 0 Å². The van der Waals surface area contributed by atoms with Gasteiger partial charge in [-0.05, 0) is 53.1 Å². The Kier molecular flexibility index (Phi) is 4.34. The zero-order valence-corrected chi connectivity index (χ0v) is 9.77. The molecule has 3 N–H and O–H groups in total. The highest BCUT2D eigenvalue weighted by Crippen LogP contribution is 2.09. The third kappa shape index (κ3) is 3.63. The van der Waals surface area contributed by atoms with E-state index in [9.17, 15) is 4.79 Å². The van der Waals surface area contributed by atoms with Gasteiger partial charge in [-0.25, -0.2) is 0 Å². The molecule has 1 amide bonds. The summed E-state index contributed by atoms with van der Waals surface area (Å²) in [5.74, 6) is -0.657. The van der Waals surface area contributed by atoms with Crippen molar-refractivity contribution in [1.29, 1.82) is 0 Å². The van der Waals surface area contributed by atoms with Gasteiger partial charge in [0, 0.05) is 3.57 Å². The maximum atomic E-state index is 10.5. The van der Waals surface area contributed by atoms with E-state index in [0.29, 0.717) is 12.8 Å². The lowest BCUT2D eigenvalue weighted by molar-refractivity contribution is -0.126. The van der Waals surface area contributed by atoms with Crippen LogP contribution in [0.5, 0.6) is 0 Å². The molecule has 76 valence electrons. The normalized spacial score (nSPS) is 12.4. The summed E-state index contributed by atoms with van der Waals surface area (Å²) in [7, 11) is 0. The number of aryl methyl sites for hydroxylation is 1. The molecule has 0 radical (unpaired) electrons. The molecule has 0 saturated heterocycles. The lowest BCUT2D eigenvalue weighted by Crippen LogP contribution is -2.28. The lowest BCUT2D eigenvalue weighted by Gasteiger charge is -2.05. The van der Waals surface area contributed by atoms with Crippen molar-refractivity contribution in [2.24, 2.45) is 5.73 Å². The van der Waals surface area contributed by atoms with Crippen LogP contribution in [0.25, 0.3) is 0 Å². The summed E-state index contributed by atoms with van der Waals surface area (Å²) in [5.41, 5.74) is 6.04. The van der Waals surface area contributed by atoms with Gasteiger partial charge in [0.15, 0.2) is 0 Å². The second kappa shape index (κ2) is 5.31. The molecule has 1 aromatic rings. The second-order valence-electron chi connectivity index (χ2n) is 3.08. The number of hydrogen-bond donors (Lipinski definition) is 2. The molecule has 0 aliphatic rings. The van der Waals surface area contributed by atoms with Crippen molar-refractivity contribution in [1.82, 2.24) is 0 Å². The van der Waals surface area contributed by atoms with Crippen LogP contribution in [0.4, 0.5) is 0 Å². The molecule has 1 atom stereocenters. The third-order valence-corrected chi connectivity index (χ3v) is 2.67. The Labute approximate surface area is 96.4 Å². The van der Waals surface area contributed by atoms with Crippen molar-refractivity contribution in [3.8, 4) is 0 Å². The number of benzene rings is 1. The van der Waals surface area contributed by atoms with Crippen molar-refractivity contribution in [2.75, 3.05) is 0 Å². The fourth-order valence-electron chi connectivity index (χ4n) is 1.10. The van der Waals surface area contributed by atoms with Crippen molar-refractivity contribution < 1.29 is 9.90 Å². The van der Waals surface area contributed by atoms with Crippen LogP contribution in [-0.2, 0) is 11.2 Å². The number of aliphatic hydroxyl groups is 1. The number of nitrogens with two attached hydrogens (primary N) is 1. The summed E-state index contributed by atoms with van der Waals surface area (Å²) in [6, 6.07) is 7.95. The van der Waals surface area contributed by atoms with Crippen LogP contribution in [0.1, 0.15) is 12.0 Å². The van der Waals surface area contributed by atoms with Gasteiger partial charge < -0.3 is 10.8 Å². The average Bonchev–Trinajstić information content (AvgIpc) is 2.16. The molecule has 0 spiro atoms. The highest BCUT2D eigenvalue weighted by molar-refractivity contribution is 14.1. The first kappa shape index (κ1) is 11.5. The van der Waals surface area contributed by atoms with E-state index in [0.717, 1.165) is 5.56 Å². The van der Waals surface area contributed by atoms with Crippen molar-refractivity contribution in [2.45, 2.75) is 18.9 Å². The fourth-order valence-corrected chi connectivity index (χ4v) is 1.46. The Morgan fingerprint density at radius 1 is 1.43 bits per heavy atom. The molecular formula is C10H12INO2. The standard InChI is InChI=1S/C10H12INO2/c11-8-4-1-7(2-5-8)3-6-9(13)10(12)14/h1-2,4-5,9,13H,3,6H2,(H2,12,14). The quantitative estimate of drug-likeness (QED) is 0.817. The molecule has 0 aliphatic carbocycles. The monoisotopic (exact) mass is 305 g/mol. The minimum atomic E-state index is -1.03. The summed E-state index contributed by atoms with van der Waals surface area (Å²) >= 11 is 2.23. The van der Waals surface area contributed by atoms with Crippen LogP contribution in [0.2, 0.25) is 0 Å². The predicted molar refractivity (Wildman–Crippen MR) is 62.7 cm³/mol. The number of primary amides is 1. The first-order valence-corrected chi connectivity index (χ1v) is 5.39. The highest BCUT2D eigenvalue weighted by Gasteiger charge is 2.09. The van der Waals surface area contributed by atoms with Crippen LogP contribution >= 0.6 is 22.6 Å². The molecule has 0 aromatic heterocycles. The Balaban J connectivity index is 2.46. The molecule has 4 heteroatoms. The van der Waals surface area contributed by atoms with E-state index >= 15 is 0 Å². The van der Waals surface area contributed by atoms with E-state index in [1.165, 1.54) is 3.57 Å². The molecule has 1 aromatic carbocycles. The van der Waals surface area contributed by atoms with Gasteiger partial charge in [-0.15, -0.1) is 0 Å². The number of aliphatic hydroxyl groups excluding tert-OH is 1. The topological polar surface area (TPSA) is 63.3 Å². The van der Waals surface area contributed by atoms with E-state index < -0.39 is 12.0 Å². The van der Waals surface area contributed by atoms with Crippen molar-refractivity contribution >= 4 is 28.5 Å². The van der Waals surface area contributed by atoms with E-state index in [1.54, 1.807) is 0 Å². The summed E-state index contributed by atoms with van der Waals surface area (Å²) in [6.45, 7) is 0. The molecule has 0 aliphatic heterocycles. The summed E-state index contributed by atoms with van der Waals surface area (Å²) in [5, 5.41) is 9.17. The Bertz CT molecular complexity index is 310. The Morgan fingerprint density at radius 2 is 2.00 bits per heavy atom. The zero-order chi connectivity index (χ0) is 10.6. The third-order valence-electron chi connectivity index (χ3n) is 1.95. The van der Waals surface area contributed by atoms with Gasteiger partial charge in [0.05, 0.1) is 0 Å². The molecule has 1 rings (SSSR count). The first-order valence-electron chi connectivity index (χ1n) is 4.31. The molecule has 3 nitrogen and oxygen atoms in total. The highest BCUT2D eigenvalue weighted by atomic mass is 127. The minimum Gasteiger partial charge on any atom is -0.383 e. The number of carbonyl (C=O) groups is 1. The molecule has 0 saturated carbocycles. The maximum absolute atomic E-state index is 10.5. The summed E-state index contributed by atoms with van der Waals surface area (Å²) < 4.78 is 1.17. The predicted octanol–water partition coefficient (Wildman–Crippen LogP) is 1.07. The van der Waals surface area contributed by atoms with Gasteiger partial charge >= 0.3 is 0 Å². The van der Waals surface area contributed by atoms with Crippen LogP contribution in [0, 0.1) is 3.57 Å². The number of hydrogen-bond acceptors (Lipinski definition) is 2. The number of carbonyl (C=O) groups excluding carboxylic acids is 1. The van der Waals surface area contributed by atoms with Crippen LogP contribution in [0.15, 0.2) is 24.3 Å². The Morgan fingerprint density at radius 3 is 2.50 bits per heavy atom. The number of halogens is 1. The van der Waals surface area contributed by atoms with Gasteiger partial charge in [0.25, 0.3) is 0 Å². The molecule has 14 heavy (non-hydrogen) atoms. The molecule has 1 unspecified atom stereocenters. The lowest BCUT2D eigenvalue weighted by atomic mass is 10.1. The molecule has 0 heterocycles. The van der Waals surface area contributed by atoms with Gasteiger partial charge in [0.2, 0.25) is 5.91 Å². The minimum absolute atomic E-state index is 0.385. The zero-order valence-electron chi connectivity index (χ0n) is 7.61. The number of amides is 1. The van der Waals surface area contributed by atoms with Gasteiger partial charge in [-0.3, -0.25) is 4.79 Å². The van der Waals surface area contributed by atoms with Crippen molar-refractivity contribution in [3.05, 3.63) is 33.4 Å². The Hall–Kier alpha value is -0.620. The summed E-state index contributed by atoms with van der Waals surface area (Å²) in [6.07, 6.45) is 0.0195. The molecular weight excluding hydrogens is 293 g/mol. The van der Waals surface area contributed by atoms with Gasteiger partial charge in [0.1, 0.15) is 6.10 Å².